The summed E-state index contributed by atoms with van der Waals surface area (Å²) in [6.07, 6.45) is -0.612. The lowest BCUT2D eigenvalue weighted by Gasteiger charge is -2.09. The topological polar surface area (TPSA) is 20.2 Å². The molecular weight excluding hydrogens is 290 g/mol. The zero-order valence-electron chi connectivity index (χ0n) is 10.0. The normalized spacial score (nSPS) is 12.5. The first-order valence-electron chi connectivity index (χ1n) is 5.58. The Labute approximate surface area is 119 Å². The Balaban J connectivity index is 2.28. The molecule has 2 rings (SSSR count). The van der Waals surface area contributed by atoms with E-state index in [1.165, 1.54) is 12.1 Å². The van der Waals surface area contributed by atoms with E-state index >= 15 is 0 Å². The van der Waals surface area contributed by atoms with Crippen LogP contribution in [0.25, 0.3) is 0 Å². The fraction of sp³-hybridized carbons (Fsp3) is 0.143. The van der Waals surface area contributed by atoms with Gasteiger partial charge in [0, 0.05) is 15.9 Å². The molecule has 19 heavy (non-hydrogen) atoms. The summed E-state index contributed by atoms with van der Waals surface area (Å²) in [4.78, 5) is 0.949. The smallest absolute Gasteiger partial charge is 0.140 e. The maximum atomic E-state index is 13.5. The molecule has 100 valence electrons. The van der Waals surface area contributed by atoms with Crippen LogP contribution in [0.3, 0.4) is 0 Å². The van der Waals surface area contributed by atoms with Gasteiger partial charge in [-0.25, -0.2) is 8.78 Å². The SMILES string of the molecule is C[C@H](O)c1ccc(Sc2ccc(F)cc2F)c(Cl)c1. The number of halogens is 3. The van der Waals surface area contributed by atoms with Gasteiger partial charge >= 0.3 is 0 Å². The summed E-state index contributed by atoms with van der Waals surface area (Å²) >= 11 is 7.19. The zero-order chi connectivity index (χ0) is 14.0. The van der Waals surface area contributed by atoms with Gasteiger partial charge in [0.05, 0.1) is 11.1 Å². The minimum Gasteiger partial charge on any atom is -0.389 e. The second kappa shape index (κ2) is 5.90. The quantitative estimate of drug-likeness (QED) is 0.876. The number of benzene rings is 2. The number of rotatable bonds is 3. The highest BCUT2D eigenvalue weighted by Gasteiger charge is 2.10. The molecule has 0 aliphatic rings. The molecule has 0 saturated carbocycles. The van der Waals surface area contributed by atoms with Crippen molar-refractivity contribution in [3.63, 3.8) is 0 Å². The van der Waals surface area contributed by atoms with Crippen molar-refractivity contribution < 1.29 is 13.9 Å². The first-order chi connectivity index (χ1) is 8.97. The van der Waals surface area contributed by atoms with Gasteiger partial charge in [0.1, 0.15) is 11.6 Å². The van der Waals surface area contributed by atoms with Crippen molar-refractivity contribution in [1.82, 2.24) is 0 Å². The van der Waals surface area contributed by atoms with E-state index in [2.05, 4.69) is 0 Å². The van der Waals surface area contributed by atoms with Crippen molar-refractivity contribution >= 4 is 23.4 Å². The number of hydrogen-bond donors (Lipinski definition) is 1. The average Bonchev–Trinajstić information content (AvgIpc) is 2.34. The van der Waals surface area contributed by atoms with Gasteiger partial charge in [-0.2, -0.15) is 0 Å². The highest BCUT2D eigenvalue weighted by Crippen LogP contribution is 2.36. The summed E-state index contributed by atoms with van der Waals surface area (Å²) in [7, 11) is 0. The second-order valence-corrected chi connectivity index (χ2v) is 5.53. The highest BCUT2D eigenvalue weighted by molar-refractivity contribution is 7.99. The molecule has 2 aromatic carbocycles. The van der Waals surface area contributed by atoms with E-state index in [0.29, 0.717) is 20.4 Å². The van der Waals surface area contributed by atoms with E-state index in [9.17, 15) is 13.9 Å². The fourth-order valence-corrected chi connectivity index (χ4v) is 2.66. The summed E-state index contributed by atoms with van der Waals surface area (Å²) in [6, 6.07) is 8.46. The van der Waals surface area contributed by atoms with E-state index in [4.69, 9.17) is 11.6 Å². The minimum absolute atomic E-state index is 0.299. The van der Waals surface area contributed by atoms with Gasteiger partial charge in [-0.05, 0) is 36.8 Å². The van der Waals surface area contributed by atoms with E-state index in [1.807, 2.05) is 0 Å². The van der Waals surface area contributed by atoms with E-state index in [0.717, 1.165) is 17.8 Å². The van der Waals surface area contributed by atoms with Crippen LogP contribution in [0.1, 0.15) is 18.6 Å². The van der Waals surface area contributed by atoms with Crippen LogP contribution in [-0.2, 0) is 0 Å². The molecule has 0 unspecified atom stereocenters. The molecule has 2 aromatic rings. The Kier molecular flexibility index (Phi) is 4.45. The van der Waals surface area contributed by atoms with Gasteiger partial charge < -0.3 is 5.11 Å². The Morgan fingerprint density at radius 1 is 1.11 bits per heavy atom. The standard InChI is InChI=1S/C14H11ClF2OS/c1-8(18)9-2-4-13(11(15)6-9)19-14-5-3-10(16)7-12(14)17/h2-8,18H,1H3/t8-/m0/s1. The molecule has 0 saturated heterocycles. The highest BCUT2D eigenvalue weighted by atomic mass is 35.5. The molecule has 0 radical (unpaired) electrons. The van der Waals surface area contributed by atoms with Crippen molar-refractivity contribution in [2.24, 2.45) is 0 Å². The van der Waals surface area contributed by atoms with Crippen LogP contribution < -0.4 is 0 Å². The molecule has 0 amide bonds. The fourth-order valence-electron chi connectivity index (χ4n) is 1.54. The maximum absolute atomic E-state index is 13.5. The lowest BCUT2D eigenvalue weighted by molar-refractivity contribution is 0.199. The summed E-state index contributed by atoms with van der Waals surface area (Å²) in [5, 5.41) is 9.86. The molecule has 0 spiro atoms. The summed E-state index contributed by atoms with van der Waals surface area (Å²) < 4.78 is 26.3. The van der Waals surface area contributed by atoms with Gasteiger partial charge in [0.15, 0.2) is 0 Å². The predicted molar refractivity (Wildman–Crippen MR) is 72.6 cm³/mol. The lowest BCUT2D eigenvalue weighted by Crippen LogP contribution is -1.91. The van der Waals surface area contributed by atoms with Gasteiger partial charge in [0.25, 0.3) is 0 Å². The first kappa shape index (κ1) is 14.3. The molecule has 0 aliphatic heterocycles. The van der Waals surface area contributed by atoms with Crippen LogP contribution in [0.4, 0.5) is 8.78 Å². The number of aliphatic hydroxyl groups excluding tert-OH is 1. The van der Waals surface area contributed by atoms with Gasteiger partial charge in [0.2, 0.25) is 0 Å². The summed E-state index contributed by atoms with van der Waals surface area (Å²) in [5.41, 5.74) is 0.689. The second-order valence-electron chi connectivity index (χ2n) is 4.04. The third kappa shape index (κ3) is 3.47. The Hall–Kier alpha value is -1.10. The minimum atomic E-state index is -0.624. The van der Waals surface area contributed by atoms with Gasteiger partial charge in [-0.15, -0.1) is 0 Å². The first-order valence-corrected chi connectivity index (χ1v) is 6.77. The third-order valence-corrected chi connectivity index (χ3v) is 4.10. The molecule has 1 N–H and O–H groups in total. The molecule has 0 bridgehead atoms. The molecule has 0 fully saturated rings. The predicted octanol–water partition coefficient (Wildman–Crippen LogP) is 4.82. The van der Waals surface area contributed by atoms with Crippen LogP contribution in [0.2, 0.25) is 5.02 Å². The van der Waals surface area contributed by atoms with Crippen LogP contribution in [0.15, 0.2) is 46.2 Å². The lowest BCUT2D eigenvalue weighted by atomic mass is 10.1. The monoisotopic (exact) mass is 300 g/mol. The van der Waals surface area contributed by atoms with Crippen molar-refractivity contribution in [1.29, 1.82) is 0 Å². The van der Waals surface area contributed by atoms with Crippen molar-refractivity contribution in [3.8, 4) is 0 Å². The van der Waals surface area contributed by atoms with Crippen LogP contribution in [-0.4, -0.2) is 5.11 Å². The molecule has 0 heterocycles. The zero-order valence-corrected chi connectivity index (χ0v) is 11.6. The number of hydrogen-bond acceptors (Lipinski definition) is 2. The molecule has 1 nitrogen and oxygen atoms in total. The van der Waals surface area contributed by atoms with Crippen LogP contribution >= 0.6 is 23.4 Å². The van der Waals surface area contributed by atoms with E-state index < -0.39 is 17.7 Å². The molecule has 5 heteroatoms. The molecule has 0 aromatic heterocycles. The summed E-state index contributed by atoms with van der Waals surface area (Å²) in [6.45, 7) is 1.64. The molecular formula is C14H11ClF2OS. The van der Waals surface area contributed by atoms with Gasteiger partial charge in [-0.3, -0.25) is 0 Å². The Morgan fingerprint density at radius 3 is 2.37 bits per heavy atom. The van der Waals surface area contributed by atoms with Crippen molar-refractivity contribution in [3.05, 3.63) is 58.6 Å². The van der Waals surface area contributed by atoms with Gasteiger partial charge in [-0.1, -0.05) is 29.4 Å². The third-order valence-electron chi connectivity index (χ3n) is 2.55. The Bertz CT molecular complexity index is 602. The molecule has 0 aliphatic carbocycles. The van der Waals surface area contributed by atoms with Crippen LogP contribution in [0, 0.1) is 11.6 Å². The molecule has 1 atom stereocenters. The average molecular weight is 301 g/mol. The Morgan fingerprint density at radius 2 is 1.79 bits per heavy atom. The van der Waals surface area contributed by atoms with Crippen molar-refractivity contribution in [2.75, 3.05) is 0 Å². The maximum Gasteiger partial charge on any atom is 0.140 e. The number of aliphatic hydroxyl groups is 1. The summed E-state index contributed by atoms with van der Waals surface area (Å²) in [5.74, 6) is -1.24. The van der Waals surface area contributed by atoms with E-state index in [-0.39, 0.29) is 0 Å². The van der Waals surface area contributed by atoms with E-state index in [1.54, 1.807) is 25.1 Å². The largest absolute Gasteiger partial charge is 0.389 e. The van der Waals surface area contributed by atoms with Crippen LogP contribution in [0.5, 0.6) is 0 Å². The van der Waals surface area contributed by atoms with Crippen molar-refractivity contribution in [2.45, 2.75) is 22.8 Å².